The Morgan fingerprint density at radius 1 is 1.24 bits per heavy atom. The number of benzene rings is 1. The molecular formula is C28H35B3F2N4O4. The Kier molecular flexibility index (Phi) is 9.68. The third-order valence-corrected chi connectivity index (χ3v) is 7.67. The summed E-state index contributed by atoms with van der Waals surface area (Å²) in [5, 5.41) is 5.79. The molecule has 0 unspecified atom stereocenters. The predicted molar refractivity (Wildman–Crippen MR) is 153 cm³/mol. The van der Waals surface area contributed by atoms with E-state index >= 15 is 0 Å². The standard InChI is InChI=1S/C23H27B3F2N4O2.C5H8O2/c1-13-15(5-4-6-18(13)34-23(24,25)26)21-16(29-3)9-10-31(21)20(33)12-32-19(22(2,27)28)11-17(30-32)14-7-8-14;6-4-5-2-1-3-7-5/h4-6,11,14,16,21,29H,7-10,12H2,1-3H3;4-5H,1-3H2/t16-,21-;5-/m11/s1. The zero-order chi connectivity index (χ0) is 29.9. The maximum Gasteiger partial charge on any atom is 0.286 e. The molecule has 5 rings (SSSR count). The van der Waals surface area contributed by atoms with E-state index in [0.717, 1.165) is 61.3 Å². The number of aromatic nitrogens is 2. The molecule has 0 bridgehead atoms. The van der Waals surface area contributed by atoms with Crippen molar-refractivity contribution in [2.75, 3.05) is 20.2 Å². The van der Waals surface area contributed by atoms with Gasteiger partial charge in [-0.15, -0.1) is 0 Å². The molecule has 1 aromatic carbocycles. The van der Waals surface area contributed by atoms with Gasteiger partial charge >= 0.3 is 0 Å². The summed E-state index contributed by atoms with van der Waals surface area (Å²) in [5.74, 6) is -2.76. The molecule has 1 aliphatic carbocycles. The third kappa shape index (κ3) is 7.80. The van der Waals surface area contributed by atoms with Crippen LogP contribution < -0.4 is 10.1 Å². The van der Waals surface area contributed by atoms with Crippen molar-refractivity contribution < 1.29 is 27.8 Å². The smallest absolute Gasteiger partial charge is 0.286 e. The Labute approximate surface area is 244 Å². The average Bonchev–Trinajstić information content (AvgIpc) is 3.29. The second-order valence-corrected chi connectivity index (χ2v) is 11.1. The summed E-state index contributed by atoms with van der Waals surface area (Å²) >= 11 is 0. The predicted octanol–water partition coefficient (Wildman–Crippen LogP) is 2.60. The largest absolute Gasteiger partial charge is 0.516 e. The number of likely N-dealkylation sites (tertiary alicyclic amines) is 1. The highest BCUT2D eigenvalue weighted by atomic mass is 19.3. The molecule has 41 heavy (non-hydrogen) atoms. The zero-order valence-electron chi connectivity index (χ0n) is 23.8. The first-order valence-corrected chi connectivity index (χ1v) is 14.0. The van der Waals surface area contributed by atoms with Gasteiger partial charge in [0, 0.05) is 32.0 Å². The molecule has 1 amide bonds. The number of nitrogens with one attached hydrogen (secondary N) is 1. The van der Waals surface area contributed by atoms with Crippen LogP contribution in [0.2, 0.25) is 0 Å². The van der Waals surface area contributed by atoms with Crippen LogP contribution in [0.3, 0.4) is 0 Å². The number of halogens is 2. The summed E-state index contributed by atoms with van der Waals surface area (Å²) in [4.78, 5) is 25.1. The lowest BCUT2D eigenvalue weighted by atomic mass is 9.52. The molecule has 2 saturated heterocycles. The Morgan fingerprint density at radius 3 is 2.51 bits per heavy atom. The average molecular weight is 562 g/mol. The van der Waals surface area contributed by atoms with Crippen LogP contribution in [0.4, 0.5) is 8.78 Å². The zero-order valence-corrected chi connectivity index (χ0v) is 23.8. The number of carbonyl (C=O) groups excluding carboxylic acids is 2. The fourth-order valence-corrected chi connectivity index (χ4v) is 5.43. The van der Waals surface area contributed by atoms with Crippen LogP contribution in [0.1, 0.15) is 73.5 Å². The van der Waals surface area contributed by atoms with Gasteiger partial charge in [-0.2, -0.15) is 13.9 Å². The second-order valence-electron chi connectivity index (χ2n) is 11.1. The van der Waals surface area contributed by atoms with Gasteiger partial charge in [0.05, 0.1) is 11.7 Å². The van der Waals surface area contributed by atoms with Crippen molar-refractivity contribution in [2.45, 2.75) is 87.8 Å². The lowest BCUT2D eigenvalue weighted by Crippen LogP contribution is -2.40. The normalized spacial score (nSPS) is 22.8. The van der Waals surface area contributed by atoms with Gasteiger partial charge in [0.15, 0.2) is 0 Å². The molecule has 0 spiro atoms. The summed E-state index contributed by atoms with van der Waals surface area (Å²) in [6.07, 6.45) is 5.32. The number of hydrogen-bond acceptors (Lipinski definition) is 6. The Morgan fingerprint density at radius 2 is 1.98 bits per heavy atom. The van der Waals surface area contributed by atoms with Crippen LogP contribution in [-0.4, -0.2) is 88.1 Å². The number of hydrogen-bond donors (Lipinski definition) is 1. The molecule has 1 aromatic heterocycles. The highest BCUT2D eigenvalue weighted by molar-refractivity contribution is 6.58. The Hall–Kier alpha value is -2.66. The summed E-state index contributed by atoms with van der Waals surface area (Å²) in [6.45, 7) is 3.66. The Balaban J connectivity index is 0.000000483. The molecule has 2 aliphatic heterocycles. The lowest BCUT2D eigenvalue weighted by Gasteiger charge is -2.32. The van der Waals surface area contributed by atoms with E-state index in [1.165, 1.54) is 6.07 Å². The first-order valence-electron chi connectivity index (χ1n) is 14.0. The lowest BCUT2D eigenvalue weighted by molar-refractivity contribution is -0.133. The maximum absolute atomic E-state index is 14.3. The highest BCUT2D eigenvalue weighted by Gasteiger charge is 2.40. The number of ether oxygens (including phenoxy) is 2. The molecule has 8 nitrogen and oxygen atoms in total. The van der Waals surface area contributed by atoms with E-state index < -0.39 is 11.2 Å². The van der Waals surface area contributed by atoms with E-state index in [0.29, 0.717) is 24.4 Å². The fraction of sp³-hybridized carbons (Fsp3) is 0.607. The van der Waals surface area contributed by atoms with Crippen LogP contribution in [0, 0.1) is 6.92 Å². The van der Waals surface area contributed by atoms with Gasteiger partial charge < -0.3 is 24.5 Å². The molecule has 6 radical (unpaired) electrons. The molecule has 3 atom stereocenters. The van der Waals surface area contributed by atoms with Gasteiger partial charge in [-0.1, -0.05) is 12.1 Å². The van der Waals surface area contributed by atoms with Crippen LogP contribution >= 0.6 is 0 Å². The van der Waals surface area contributed by atoms with Gasteiger partial charge in [-0.3, -0.25) is 9.48 Å². The molecule has 1 N–H and O–H groups in total. The van der Waals surface area contributed by atoms with E-state index in [9.17, 15) is 18.4 Å². The first kappa shape index (κ1) is 31.3. The number of aldehydes is 1. The topological polar surface area (TPSA) is 85.7 Å². The number of amides is 1. The van der Waals surface area contributed by atoms with Crippen molar-refractivity contribution in [2.24, 2.45) is 0 Å². The van der Waals surface area contributed by atoms with E-state index in [1.807, 2.05) is 20.0 Å². The second kappa shape index (κ2) is 12.7. The van der Waals surface area contributed by atoms with Crippen molar-refractivity contribution >= 4 is 35.7 Å². The SMILES string of the molecule is O=C[C@H]1CCCO1.[B]C([B])([B])Oc1cccc([C@@H]2[C@H](NC)CCN2C(=O)Cn2nc(C3CC3)cc2C(C)(F)F)c1C. The molecule has 3 aliphatic rings. The molecule has 13 heteroatoms. The van der Waals surface area contributed by atoms with Crippen LogP contribution in [0.15, 0.2) is 24.3 Å². The van der Waals surface area contributed by atoms with E-state index in [4.69, 9.17) is 33.0 Å². The van der Waals surface area contributed by atoms with Gasteiger partial charge in [-0.05, 0) is 74.6 Å². The molecule has 3 fully saturated rings. The van der Waals surface area contributed by atoms with Crippen molar-refractivity contribution in [3.8, 4) is 5.75 Å². The van der Waals surface area contributed by atoms with Crippen molar-refractivity contribution in [1.29, 1.82) is 0 Å². The van der Waals surface area contributed by atoms with Gasteiger partial charge in [0.2, 0.25) is 5.91 Å². The number of rotatable bonds is 9. The van der Waals surface area contributed by atoms with Crippen molar-refractivity contribution in [3.63, 3.8) is 0 Å². The van der Waals surface area contributed by atoms with Crippen molar-refractivity contribution in [1.82, 2.24) is 20.0 Å². The maximum atomic E-state index is 14.3. The number of carbonyl (C=O) groups is 2. The van der Waals surface area contributed by atoms with Gasteiger partial charge in [0.25, 0.3) is 5.92 Å². The molecule has 214 valence electrons. The summed E-state index contributed by atoms with van der Waals surface area (Å²) in [7, 11) is 18.7. The molecule has 3 heterocycles. The molecule has 1 saturated carbocycles. The summed E-state index contributed by atoms with van der Waals surface area (Å²) in [5.41, 5.74) is 1.98. The summed E-state index contributed by atoms with van der Waals surface area (Å²) in [6, 6.07) is 6.44. The molecular weight excluding hydrogens is 527 g/mol. The first-order chi connectivity index (χ1) is 19.3. The van der Waals surface area contributed by atoms with E-state index in [-0.39, 0.29) is 42.3 Å². The molecule has 2 aromatic rings. The van der Waals surface area contributed by atoms with Crippen LogP contribution in [0.5, 0.6) is 5.75 Å². The van der Waals surface area contributed by atoms with E-state index in [1.54, 1.807) is 17.0 Å². The third-order valence-electron chi connectivity index (χ3n) is 7.67. The minimum atomic E-state index is -3.10. The fourth-order valence-electron chi connectivity index (χ4n) is 5.43. The van der Waals surface area contributed by atoms with Crippen LogP contribution in [-0.2, 0) is 26.8 Å². The minimum Gasteiger partial charge on any atom is -0.516 e. The monoisotopic (exact) mass is 562 g/mol. The van der Waals surface area contributed by atoms with Gasteiger partial charge in [0.1, 0.15) is 53.9 Å². The van der Waals surface area contributed by atoms with Gasteiger partial charge in [-0.25, -0.2) is 0 Å². The van der Waals surface area contributed by atoms with Crippen molar-refractivity contribution in [3.05, 3.63) is 46.8 Å². The highest BCUT2D eigenvalue weighted by Crippen LogP contribution is 2.42. The minimum absolute atomic E-state index is 0.0389. The van der Waals surface area contributed by atoms with E-state index in [2.05, 4.69) is 10.4 Å². The van der Waals surface area contributed by atoms with Crippen LogP contribution in [0.25, 0.3) is 0 Å². The number of alkyl halides is 2. The Bertz CT molecular complexity index is 1220. The number of nitrogens with zero attached hydrogens (tertiary/aromatic N) is 3. The quantitative estimate of drug-likeness (QED) is 0.374. The number of likely N-dealkylation sites (N-methyl/N-ethyl adjacent to an activating group) is 1. The summed E-state index contributed by atoms with van der Waals surface area (Å²) < 4.78 is 40.2.